The Hall–Kier alpha value is -3.58. The molecule has 1 saturated heterocycles. The van der Waals surface area contributed by atoms with Gasteiger partial charge in [0.2, 0.25) is 0 Å². The Morgan fingerprint density at radius 1 is 1.17 bits per heavy atom. The topological polar surface area (TPSA) is 100.0 Å². The van der Waals surface area contributed by atoms with Crippen molar-refractivity contribution >= 4 is 22.6 Å². The number of fused-ring (bicyclic) bond motifs is 1. The summed E-state index contributed by atoms with van der Waals surface area (Å²) in [5, 5.41) is 25.7. The second-order valence-corrected chi connectivity index (χ2v) is 9.30. The standard InChI is InChI=1S/C25H22ClFN6O2/c26-19-2-1-17(18(11-19)12-28)14-31-9-7-25(35,8-10-31)15-32-16-29-23-22(24(32)34)13-30-33(23)21-5-3-20(27)4-6-21/h1-6,11,13,16,35H,7-10,14-15H2. The minimum absolute atomic E-state index is 0.120. The van der Waals surface area contributed by atoms with Crippen molar-refractivity contribution in [2.24, 2.45) is 0 Å². The monoisotopic (exact) mass is 492 g/mol. The Bertz CT molecular complexity index is 1480. The quantitative estimate of drug-likeness (QED) is 0.459. The molecule has 5 rings (SSSR count). The van der Waals surface area contributed by atoms with Gasteiger partial charge in [-0.25, -0.2) is 14.1 Å². The van der Waals surface area contributed by atoms with Crippen LogP contribution in [0.4, 0.5) is 4.39 Å². The molecular formula is C25H22ClFN6O2. The SMILES string of the molecule is N#Cc1cc(Cl)ccc1CN1CCC(O)(Cn2cnc3c(cnn3-c3ccc(F)cc3)c2=O)CC1. The molecule has 0 aliphatic carbocycles. The van der Waals surface area contributed by atoms with Crippen LogP contribution in [0.2, 0.25) is 5.02 Å². The van der Waals surface area contributed by atoms with Crippen LogP contribution in [0.25, 0.3) is 16.7 Å². The van der Waals surface area contributed by atoms with E-state index in [9.17, 15) is 19.6 Å². The van der Waals surface area contributed by atoms with Crippen molar-refractivity contribution in [3.8, 4) is 11.8 Å². The van der Waals surface area contributed by atoms with Crippen molar-refractivity contribution in [1.29, 1.82) is 5.26 Å². The lowest BCUT2D eigenvalue weighted by Crippen LogP contribution is -2.47. The van der Waals surface area contributed by atoms with Gasteiger partial charge in [0.1, 0.15) is 17.5 Å². The fourth-order valence-electron chi connectivity index (χ4n) is 4.47. The molecule has 4 aromatic rings. The van der Waals surface area contributed by atoms with E-state index < -0.39 is 5.60 Å². The molecular weight excluding hydrogens is 471 g/mol. The number of halogens is 2. The zero-order valence-corrected chi connectivity index (χ0v) is 19.5. The second kappa shape index (κ2) is 9.23. The zero-order valence-electron chi connectivity index (χ0n) is 18.7. The predicted molar refractivity (Wildman–Crippen MR) is 129 cm³/mol. The molecule has 8 nitrogen and oxygen atoms in total. The maximum Gasteiger partial charge on any atom is 0.264 e. The first-order valence-electron chi connectivity index (χ1n) is 11.2. The van der Waals surface area contributed by atoms with Gasteiger partial charge in [0, 0.05) is 24.7 Å². The van der Waals surface area contributed by atoms with Crippen LogP contribution in [-0.4, -0.2) is 48.0 Å². The van der Waals surface area contributed by atoms with Gasteiger partial charge in [-0.15, -0.1) is 0 Å². The molecule has 0 bridgehead atoms. The average Bonchev–Trinajstić information content (AvgIpc) is 3.29. The highest BCUT2D eigenvalue weighted by molar-refractivity contribution is 6.30. The van der Waals surface area contributed by atoms with Crippen molar-refractivity contribution in [3.63, 3.8) is 0 Å². The van der Waals surface area contributed by atoms with Gasteiger partial charge in [0.05, 0.1) is 35.7 Å². The van der Waals surface area contributed by atoms with Crippen molar-refractivity contribution < 1.29 is 9.50 Å². The molecule has 10 heteroatoms. The maximum absolute atomic E-state index is 13.3. The Kier molecular flexibility index (Phi) is 6.11. The lowest BCUT2D eigenvalue weighted by atomic mass is 9.91. The fraction of sp³-hybridized carbons (Fsp3) is 0.280. The predicted octanol–water partition coefficient (Wildman–Crippen LogP) is 3.27. The van der Waals surface area contributed by atoms with E-state index in [1.54, 1.807) is 24.3 Å². The minimum atomic E-state index is -1.05. The number of nitrogens with zero attached hydrogens (tertiary/aromatic N) is 6. The normalized spacial score (nSPS) is 15.8. The van der Waals surface area contributed by atoms with Crippen molar-refractivity contribution in [1.82, 2.24) is 24.2 Å². The molecule has 1 N–H and O–H groups in total. The first kappa shape index (κ1) is 23.2. The summed E-state index contributed by atoms with van der Waals surface area (Å²) in [7, 11) is 0. The van der Waals surface area contributed by atoms with Crippen molar-refractivity contribution in [3.05, 3.63) is 87.3 Å². The van der Waals surface area contributed by atoms with Crippen LogP contribution in [0.1, 0.15) is 24.0 Å². The summed E-state index contributed by atoms with van der Waals surface area (Å²) in [4.78, 5) is 19.7. The van der Waals surface area contributed by atoms with E-state index in [0.29, 0.717) is 59.8 Å². The molecule has 0 radical (unpaired) electrons. The fourth-order valence-corrected chi connectivity index (χ4v) is 4.64. The summed E-state index contributed by atoms with van der Waals surface area (Å²) in [5.74, 6) is -0.363. The van der Waals surface area contributed by atoms with Crippen LogP contribution in [-0.2, 0) is 13.1 Å². The smallest absolute Gasteiger partial charge is 0.264 e. The van der Waals surface area contributed by atoms with Gasteiger partial charge in [-0.3, -0.25) is 14.3 Å². The number of benzene rings is 2. The van der Waals surface area contributed by atoms with E-state index in [4.69, 9.17) is 11.6 Å². The molecule has 1 fully saturated rings. The van der Waals surface area contributed by atoms with E-state index >= 15 is 0 Å². The molecule has 3 heterocycles. The zero-order chi connectivity index (χ0) is 24.6. The lowest BCUT2D eigenvalue weighted by molar-refractivity contribution is -0.0365. The Morgan fingerprint density at radius 2 is 1.91 bits per heavy atom. The van der Waals surface area contributed by atoms with Gasteiger partial charge in [0.25, 0.3) is 5.56 Å². The Morgan fingerprint density at radius 3 is 2.63 bits per heavy atom. The van der Waals surface area contributed by atoms with E-state index in [-0.39, 0.29) is 17.9 Å². The minimum Gasteiger partial charge on any atom is -0.388 e. The third kappa shape index (κ3) is 4.68. The first-order chi connectivity index (χ1) is 16.8. The number of hydrogen-bond acceptors (Lipinski definition) is 6. The Labute approximate surface area is 205 Å². The molecule has 1 aliphatic rings. The van der Waals surface area contributed by atoms with E-state index in [2.05, 4.69) is 21.1 Å². The van der Waals surface area contributed by atoms with Gasteiger partial charge < -0.3 is 5.11 Å². The van der Waals surface area contributed by atoms with Gasteiger partial charge in [-0.05, 0) is 54.8 Å². The van der Waals surface area contributed by atoms with Crippen LogP contribution in [0, 0.1) is 17.1 Å². The highest BCUT2D eigenvalue weighted by Gasteiger charge is 2.33. The molecule has 0 atom stereocenters. The van der Waals surface area contributed by atoms with Crippen molar-refractivity contribution in [2.75, 3.05) is 13.1 Å². The van der Waals surface area contributed by atoms with Crippen molar-refractivity contribution in [2.45, 2.75) is 31.5 Å². The number of hydrogen-bond donors (Lipinski definition) is 1. The summed E-state index contributed by atoms with van der Waals surface area (Å²) in [5.41, 5.74) is 1.06. The summed E-state index contributed by atoms with van der Waals surface area (Å²) in [6, 6.07) is 13.2. The molecule has 1 aliphatic heterocycles. The number of likely N-dealkylation sites (tertiary alicyclic amines) is 1. The number of aliphatic hydroxyl groups is 1. The van der Waals surface area contributed by atoms with Crippen LogP contribution < -0.4 is 5.56 Å². The number of piperidine rings is 1. The summed E-state index contributed by atoms with van der Waals surface area (Å²) < 4.78 is 16.2. The van der Waals surface area contributed by atoms with E-state index in [1.165, 1.54) is 33.9 Å². The highest BCUT2D eigenvalue weighted by Crippen LogP contribution is 2.26. The molecule has 2 aromatic heterocycles. The number of nitriles is 1. The van der Waals surface area contributed by atoms with E-state index in [1.807, 2.05) is 6.07 Å². The highest BCUT2D eigenvalue weighted by atomic mass is 35.5. The van der Waals surface area contributed by atoms with Gasteiger partial charge in [-0.1, -0.05) is 17.7 Å². The van der Waals surface area contributed by atoms with Crippen LogP contribution in [0.5, 0.6) is 0 Å². The molecule has 0 spiro atoms. The second-order valence-electron chi connectivity index (χ2n) is 8.86. The maximum atomic E-state index is 13.3. The van der Waals surface area contributed by atoms with Crippen LogP contribution in [0.15, 0.2) is 59.8 Å². The molecule has 35 heavy (non-hydrogen) atoms. The Balaban J connectivity index is 1.30. The number of rotatable bonds is 5. The molecule has 0 saturated carbocycles. The summed E-state index contributed by atoms with van der Waals surface area (Å²) in [6.07, 6.45) is 3.81. The third-order valence-electron chi connectivity index (χ3n) is 6.46. The summed E-state index contributed by atoms with van der Waals surface area (Å²) in [6.45, 7) is 1.95. The van der Waals surface area contributed by atoms with Crippen LogP contribution in [0.3, 0.4) is 0 Å². The molecule has 2 aromatic carbocycles. The first-order valence-corrected chi connectivity index (χ1v) is 11.6. The largest absolute Gasteiger partial charge is 0.388 e. The molecule has 0 unspecified atom stereocenters. The summed E-state index contributed by atoms with van der Waals surface area (Å²) >= 11 is 5.99. The van der Waals surface area contributed by atoms with Gasteiger partial charge >= 0.3 is 0 Å². The van der Waals surface area contributed by atoms with Gasteiger partial charge in [0.15, 0.2) is 5.65 Å². The van der Waals surface area contributed by atoms with Gasteiger partial charge in [-0.2, -0.15) is 10.4 Å². The molecule has 178 valence electrons. The third-order valence-corrected chi connectivity index (χ3v) is 6.70. The van der Waals surface area contributed by atoms with Crippen LogP contribution >= 0.6 is 11.6 Å². The lowest BCUT2D eigenvalue weighted by Gasteiger charge is -2.38. The average molecular weight is 493 g/mol. The number of aromatic nitrogens is 4. The molecule has 0 amide bonds. The van der Waals surface area contributed by atoms with E-state index in [0.717, 1.165) is 5.56 Å².